The number of halogens is 1. The SMILES string of the molecule is COc1ccccc1-c1ccc(Cn2ccc3c(F)ccc(C(=O)NC4CCC(C(=O)O)CC4)c32)cc1. The number of para-hydroxylation sites is 1. The first-order valence-corrected chi connectivity index (χ1v) is 12.5. The lowest BCUT2D eigenvalue weighted by atomic mass is 9.86. The third-order valence-electron chi connectivity index (χ3n) is 7.25. The maximum Gasteiger partial charge on any atom is 0.306 e. The number of rotatable bonds is 7. The zero-order valence-corrected chi connectivity index (χ0v) is 20.6. The molecule has 2 N–H and O–H groups in total. The first kappa shape index (κ1) is 24.6. The molecule has 0 aliphatic heterocycles. The van der Waals surface area contributed by atoms with Crippen LogP contribution < -0.4 is 10.1 Å². The molecule has 0 unspecified atom stereocenters. The summed E-state index contributed by atoms with van der Waals surface area (Å²) in [6.45, 7) is 0.475. The lowest BCUT2D eigenvalue weighted by Crippen LogP contribution is -2.38. The van der Waals surface area contributed by atoms with Crippen LogP contribution in [0, 0.1) is 11.7 Å². The minimum Gasteiger partial charge on any atom is -0.496 e. The van der Waals surface area contributed by atoms with Gasteiger partial charge in [-0.3, -0.25) is 9.59 Å². The van der Waals surface area contributed by atoms with Crippen molar-refractivity contribution >= 4 is 22.8 Å². The minimum absolute atomic E-state index is 0.0888. The number of nitrogens with zero attached hydrogens (tertiary/aromatic N) is 1. The number of ether oxygens (including phenoxy) is 1. The standard InChI is InChI=1S/C30H29FN2O4/c1-37-27-5-3-2-4-23(27)20-8-6-19(7-9-20)18-33-17-16-24-26(31)15-14-25(28(24)33)29(34)32-22-12-10-21(11-13-22)30(35)36/h2-9,14-17,21-22H,10-13,18H2,1H3,(H,32,34)(H,35,36). The Labute approximate surface area is 214 Å². The fraction of sp³-hybridized carbons (Fsp3) is 0.267. The van der Waals surface area contributed by atoms with Crippen molar-refractivity contribution in [3.05, 3.63) is 89.9 Å². The molecule has 1 aromatic heterocycles. The Morgan fingerprint density at radius 2 is 1.73 bits per heavy atom. The van der Waals surface area contributed by atoms with Crippen LogP contribution >= 0.6 is 0 Å². The first-order valence-electron chi connectivity index (χ1n) is 12.5. The molecular formula is C30H29FN2O4. The maximum absolute atomic E-state index is 14.7. The van der Waals surface area contributed by atoms with Crippen LogP contribution in [-0.4, -0.2) is 34.7 Å². The van der Waals surface area contributed by atoms with Gasteiger partial charge in [-0.25, -0.2) is 4.39 Å². The highest BCUT2D eigenvalue weighted by Gasteiger charge is 2.27. The van der Waals surface area contributed by atoms with Crippen molar-refractivity contribution in [2.75, 3.05) is 7.11 Å². The average Bonchev–Trinajstić information content (AvgIpc) is 3.34. The second-order valence-corrected chi connectivity index (χ2v) is 9.56. The summed E-state index contributed by atoms with van der Waals surface area (Å²) < 4.78 is 22.0. The Morgan fingerprint density at radius 1 is 1.00 bits per heavy atom. The van der Waals surface area contributed by atoms with Crippen LogP contribution in [0.5, 0.6) is 5.75 Å². The second-order valence-electron chi connectivity index (χ2n) is 9.56. The topological polar surface area (TPSA) is 80.6 Å². The number of nitrogens with one attached hydrogen (secondary N) is 1. The number of amides is 1. The molecule has 1 fully saturated rings. The Kier molecular flexibility index (Phi) is 6.95. The van der Waals surface area contributed by atoms with Crippen molar-refractivity contribution in [1.29, 1.82) is 0 Å². The Balaban J connectivity index is 1.37. The number of fused-ring (bicyclic) bond motifs is 1. The van der Waals surface area contributed by atoms with E-state index in [4.69, 9.17) is 4.74 Å². The smallest absolute Gasteiger partial charge is 0.306 e. The molecule has 0 bridgehead atoms. The molecule has 4 aromatic rings. The van der Waals surface area contributed by atoms with Gasteiger partial charge in [0.2, 0.25) is 0 Å². The highest BCUT2D eigenvalue weighted by atomic mass is 19.1. The number of carboxylic acids is 1. The molecule has 0 atom stereocenters. The molecule has 3 aromatic carbocycles. The van der Waals surface area contributed by atoms with Crippen molar-refractivity contribution in [3.63, 3.8) is 0 Å². The quantitative estimate of drug-likeness (QED) is 0.332. The summed E-state index contributed by atoms with van der Waals surface area (Å²) in [5.74, 6) is -0.973. The second kappa shape index (κ2) is 10.5. The molecule has 0 spiro atoms. The molecule has 6 nitrogen and oxygen atoms in total. The highest BCUT2D eigenvalue weighted by Crippen LogP contribution is 2.31. The van der Waals surface area contributed by atoms with E-state index in [1.165, 1.54) is 12.1 Å². The largest absolute Gasteiger partial charge is 0.496 e. The van der Waals surface area contributed by atoms with Crippen molar-refractivity contribution in [3.8, 4) is 16.9 Å². The van der Waals surface area contributed by atoms with Gasteiger partial charge in [-0.15, -0.1) is 0 Å². The third kappa shape index (κ3) is 5.07. The van der Waals surface area contributed by atoms with Gasteiger partial charge in [0.1, 0.15) is 11.6 Å². The highest BCUT2D eigenvalue weighted by molar-refractivity contribution is 6.06. The molecule has 5 rings (SSSR count). The van der Waals surface area contributed by atoms with Crippen LogP contribution in [-0.2, 0) is 11.3 Å². The minimum atomic E-state index is -0.779. The van der Waals surface area contributed by atoms with Crippen molar-refractivity contribution in [2.45, 2.75) is 38.3 Å². The fourth-order valence-corrected chi connectivity index (χ4v) is 5.22. The molecular weight excluding hydrogens is 471 g/mol. The van der Waals surface area contributed by atoms with E-state index in [9.17, 15) is 19.1 Å². The molecule has 1 aliphatic rings. The number of hydrogen-bond donors (Lipinski definition) is 2. The van der Waals surface area contributed by atoms with Crippen molar-refractivity contribution in [1.82, 2.24) is 9.88 Å². The van der Waals surface area contributed by atoms with Crippen molar-refractivity contribution < 1.29 is 23.8 Å². The summed E-state index contributed by atoms with van der Waals surface area (Å²) in [5, 5.41) is 12.7. The Morgan fingerprint density at radius 3 is 2.43 bits per heavy atom. The molecule has 190 valence electrons. The van der Waals surface area contributed by atoms with Crippen LogP contribution in [0.1, 0.15) is 41.6 Å². The number of aliphatic carboxylic acids is 1. The molecule has 1 amide bonds. The van der Waals surface area contributed by atoms with Gasteiger partial charge in [0, 0.05) is 29.7 Å². The van der Waals surface area contributed by atoms with Crippen molar-refractivity contribution in [2.24, 2.45) is 5.92 Å². The van der Waals surface area contributed by atoms with E-state index in [1.54, 1.807) is 19.4 Å². The van der Waals surface area contributed by atoms with Crippen LogP contribution in [0.4, 0.5) is 4.39 Å². The average molecular weight is 501 g/mol. The fourth-order valence-electron chi connectivity index (χ4n) is 5.22. The summed E-state index contributed by atoms with van der Waals surface area (Å²) in [5.41, 5.74) is 4.00. The number of benzene rings is 3. The summed E-state index contributed by atoms with van der Waals surface area (Å²) in [6.07, 6.45) is 4.12. The van der Waals surface area contributed by atoms with E-state index in [1.807, 2.05) is 53.1 Å². The van der Waals surface area contributed by atoms with Gasteiger partial charge in [-0.1, -0.05) is 42.5 Å². The van der Waals surface area contributed by atoms with Crippen LogP contribution in [0.3, 0.4) is 0 Å². The lowest BCUT2D eigenvalue weighted by Gasteiger charge is -2.27. The van der Waals surface area contributed by atoms with E-state index < -0.39 is 5.97 Å². The number of carbonyl (C=O) groups excluding carboxylic acids is 1. The summed E-state index contributed by atoms with van der Waals surface area (Å²) >= 11 is 0. The molecule has 7 heteroatoms. The van der Waals surface area contributed by atoms with E-state index in [-0.39, 0.29) is 23.7 Å². The predicted octanol–water partition coefficient (Wildman–Crippen LogP) is 5.88. The Bertz CT molecular complexity index is 1440. The number of hydrogen-bond acceptors (Lipinski definition) is 3. The summed E-state index contributed by atoms with van der Waals surface area (Å²) in [6, 6.07) is 20.4. The normalized spacial score (nSPS) is 17.5. The molecule has 1 saturated carbocycles. The third-order valence-corrected chi connectivity index (χ3v) is 7.25. The molecule has 1 heterocycles. The van der Waals surface area contributed by atoms with Gasteiger partial charge in [0.05, 0.1) is 24.1 Å². The van der Waals surface area contributed by atoms with Gasteiger partial charge in [-0.2, -0.15) is 0 Å². The van der Waals surface area contributed by atoms with Gasteiger partial charge in [0.15, 0.2) is 0 Å². The number of aromatic nitrogens is 1. The van der Waals surface area contributed by atoms with Gasteiger partial charge >= 0.3 is 5.97 Å². The maximum atomic E-state index is 14.7. The number of carbonyl (C=O) groups is 2. The number of methoxy groups -OCH3 is 1. The first-order chi connectivity index (χ1) is 17.9. The van der Waals surface area contributed by atoms with Gasteiger partial charge < -0.3 is 19.7 Å². The monoisotopic (exact) mass is 500 g/mol. The Hall–Kier alpha value is -4.13. The number of carboxylic acid groups (broad SMARTS) is 1. The van der Waals surface area contributed by atoms with Crippen LogP contribution in [0.15, 0.2) is 72.9 Å². The van der Waals surface area contributed by atoms with Gasteiger partial charge in [-0.05, 0) is 61.1 Å². The van der Waals surface area contributed by atoms with E-state index in [2.05, 4.69) is 5.32 Å². The predicted molar refractivity (Wildman–Crippen MR) is 140 cm³/mol. The molecule has 0 radical (unpaired) electrons. The molecule has 1 aliphatic carbocycles. The summed E-state index contributed by atoms with van der Waals surface area (Å²) in [4.78, 5) is 24.5. The van der Waals surface area contributed by atoms with E-state index in [0.29, 0.717) is 48.7 Å². The van der Waals surface area contributed by atoms with Gasteiger partial charge in [0.25, 0.3) is 5.91 Å². The molecule has 37 heavy (non-hydrogen) atoms. The zero-order valence-electron chi connectivity index (χ0n) is 20.6. The zero-order chi connectivity index (χ0) is 25.9. The summed E-state index contributed by atoms with van der Waals surface area (Å²) in [7, 11) is 1.65. The van der Waals surface area contributed by atoms with E-state index in [0.717, 1.165) is 22.4 Å². The van der Waals surface area contributed by atoms with Crippen LogP contribution in [0.2, 0.25) is 0 Å². The molecule has 0 saturated heterocycles. The lowest BCUT2D eigenvalue weighted by molar-refractivity contribution is -0.142. The van der Waals surface area contributed by atoms with Crippen LogP contribution in [0.25, 0.3) is 22.0 Å². The van der Waals surface area contributed by atoms with E-state index >= 15 is 0 Å².